The number of piperazine rings is 1. The van der Waals surface area contributed by atoms with Gasteiger partial charge in [0.15, 0.2) is 0 Å². The molecule has 3 rings (SSSR count). The van der Waals surface area contributed by atoms with Gasteiger partial charge in [-0.3, -0.25) is 4.79 Å². The SMILES string of the molecule is CCOC(=O)N1CCN(C(=O)c2cc(N(CC)c3cccc(C)c3)ncn2)CC1. The summed E-state index contributed by atoms with van der Waals surface area (Å²) in [6, 6.07) is 9.88. The van der Waals surface area contributed by atoms with E-state index in [1.54, 1.807) is 22.8 Å². The maximum Gasteiger partial charge on any atom is 0.409 e. The van der Waals surface area contributed by atoms with Gasteiger partial charge in [0, 0.05) is 44.5 Å². The average Bonchev–Trinajstić information content (AvgIpc) is 2.74. The molecule has 2 heterocycles. The smallest absolute Gasteiger partial charge is 0.409 e. The molecular formula is C21H27N5O3. The first-order chi connectivity index (χ1) is 14.0. The van der Waals surface area contributed by atoms with Gasteiger partial charge < -0.3 is 19.4 Å². The van der Waals surface area contributed by atoms with Crippen LogP contribution in [0.1, 0.15) is 29.9 Å². The molecule has 0 atom stereocenters. The third-order valence-electron chi connectivity index (χ3n) is 4.87. The molecule has 1 aliphatic heterocycles. The number of hydrogen-bond donors (Lipinski definition) is 0. The van der Waals surface area contributed by atoms with Crippen LogP contribution in [0.5, 0.6) is 0 Å². The second-order valence-corrected chi connectivity index (χ2v) is 6.82. The highest BCUT2D eigenvalue weighted by Crippen LogP contribution is 2.24. The minimum absolute atomic E-state index is 0.155. The van der Waals surface area contributed by atoms with E-state index >= 15 is 0 Å². The summed E-state index contributed by atoms with van der Waals surface area (Å²) >= 11 is 0. The van der Waals surface area contributed by atoms with Crippen LogP contribution in [0, 0.1) is 6.92 Å². The van der Waals surface area contributed by atoms with Gasteiger partial charge in [-0.2, -0.15) is 0 Å². The predicted octanol–water partition coefficient (Wildman–Crippen LogP) is 2.86. The molecule has 2 amide bonds. The largest absolute Gasteiger partial charge is 0.450 e. The van der Waals surface area contributed by atoms with E-state index in [0.717, 1.165) is 11.3 Å². The van der Waals surface area contributed by atoms with E-state index in [4.69, 9.17) is 4.74 Å². The zero-order valence-electron chi connectivity index (χ0n) is 17.2. The Morgan fingerprint density at radius 1 is 1.07 bits per heavy atom. The maximum absolute atomic E-state index is 12.9. The fourth-order valence-electron chi connectivity index (χ4n) is 3.35. The molecule has 1 aromatic heterocycles. The Morgan fingerprint density at radius 2 is 1.79 bits per heavy atom. The van der Waals surface area contributed by atoms with Gasteiger partial charge in [0.05, 0.1) is 6.61 Å². The minimum atomic E-state index is -0.333. The summed E-state index contributed by atoms with van der Waals surface area (Å²) in [6.07, 6.45) is 1.09. The lowest BCUT2D eigenvalue weighted by Crippen LogP contribution is -2.50. The van der Waals surface area contributed by atoms with Crippen LogP contribution in [0.3, 0.4) is 0 Å². The van der Waals surface area contributed by atoms with Crippen molar-refractivity contribution in [3.8, 4) is 0 Å². The van der Waals surface area contributed by atoms with Gasteiger partial charge in [-0.25, -0.2) is 14.8 Å². The molecular weight excluding hydrogens is 370 g/mol. The number of rotatable bonds is 5. The second-order valence-electron chi connectivity index (χ2n) is 6.82. The molecule has 0 bridgehead atoms. The average molecular weight is 397 g/mol. The third-order valence-corrected chi connectivity index (χ3v) is 4.87. The first-order valence-electron chi connectivity index (χ1n) is 9.90. The van der Waals surface area contributed by atoms with Gasteiger partial charge in [0.2, 0.25) is 0 Å². The number of carbonyl (C=O) groups is 2. The molecule has 1 saturated heterocycles. The molecule has 154 valence electrons. The fourth-order valence-corrected chi connectivity index (χ4v) is 3.35. The van der Waals surface area contributed by atoms with E-state index in [2.05, 4.69) is 16.0 Å². The second kappa shape index (κ2) is 9.36. The van der Waals surface area contributed by atoms with Crippen molar-refractivity contribution in [3.63, 3.8) is 0 Å². The number of nitrogens with zero attached hydrogens (tertiary/aromatic N) is 5. The first-order valence-corrected chi connectivity index (χ1v) is 9.90. The molecule has 29 heavy (non-hydrogen) atoms. The number of ether oxygens (including phenoxy) is 1. The number of anilines is 2. The Labute approximate surface area is 171 Å². The van der Waals surface area contributed by atoms with Crippen molar-refractivity contribution in [1.29, 1.82) is 0 Å². The summed E-state index contributed by atoms with van der Waals surface area (Å²) in [5.41, 5.74) is 2.53. The van der Waals surface area contributed by atoms with Crippen LogP contribution < -0.4 is 4.90 Å². The number of aromatic nitrogens is 2. The standard InChI is InChI=1S/C21H27N5O3/c1-4-26(17-8-6-7-16(3)13-17)19-14-18(22-15-23-19)20(27)24-9-11-25(12-10-24)21(28)29-5-2/h6-8,13-15H,4-5,9-12H2,1-3H3. The number of benzene rings is 1. The van der Waals surface area contributed by atoms with Crippen LogP contribution in [-0.2, 0) is 4.74 Å². The first kappa shape index (κ1) is 20.6. The molecule has 0 aliphatic carbocycles. The molecule has 1 fully saturated rings. The maximum atomic E-state index is 12.9. The third kappa shape index (κ3) is 4.82. The minimum Gasteiger partial charge on any atom is -0.450 e. The molecule has 0 unspecified atom stereocenters. The van der Waals surface area contributed by atoms with Crippen LogP contribution in [0.25, 0.3) is 0 Å². The molecule has 0 saturated carbocycles. The summed E-state index contributed by atoms with van der Waals surface area (Å²) in [7, 11) is 0. The van der Waals surface area contributed by atoms with Crippen LogP contribution in [0.2, 0.25) is 0 Å². The fraction of sp³-hybridized carbons (Fsp3) is 0.429. The Morgan fingerprint density at radius 3 is 2.45 bits per heavy atom. The molecule has 0 N–H and O–H groups in total. The predicted molar refractivity (Wildman–Crippen MR) is 110 cm³/mol. The van der Waals surface area contributed by atoms with Crippen molar-refractivity contribution in [3.05, 3.63) is 47.9 Å². The van der Waals surface area contributed by atoms with Crippen LogP contribution in [0.15, 0.2) is 36.7 Å². The molecule has 8 heteroatoms. The van der Waals surface area contributed by atoms with Gasteiger partial charge in [0.1, 0.15) is 17.8 Å². The highest BCUT2D eigenvalue weighted by atomic mass is 16.6. The highest BCUT2D eigenvalue weighted by Gasteiger charge is 2.26. The van der Waals surface area contributed by atoms with E-state index in [9.17, 15) is 9.59 Å². The summed E-state index contributed by atoms with van der Waals surface area (Å²) in [4.78, 5) is 38.7. The van der Waals surface area contributed by atoms with E-state index in [-0.39, 0.29) is 12.0 Å². The topological polar surface area (TPSA) is 78.9 Å². The van der Waals surface area contributed by atoms with Gasteiger partial charge in [-0.15, -0.1) is 0 Å². The van der Waals surface area contributed by atoms with Crippen molar-refractivity contribution >= 4 is 23.5 Å². The van der Waals surface area contributed by atoms with E-state index in [1.165, 1.54) is 6.33 Å². The lowest BCUT2D eigenvalue weighted by atomic mass is 10.2. The number of aryl methyl sites for hydroxylation is 1. The quantitative estimate of drug-likeness (QED) is 0.772. The van der Waals surface area contributed by atoms with E-state index < -0.39 is 0 Å². The molecule has 8 nitrogen and oxygen atoms in total. The Balaban J connectivity index is 1.72. The number of carbonyl (C=O) groups excluding carboxylic acids is 2. The lowest BCUT2D eigenvalue weighted by Gasteiger charge is -2.34. The summed E-state index contributed by atoms with van der Waals surface area (Å²) in [5.74, 6) is 0.527. The highest BCUT2D eigenvalue weighted by molar-refractivity contribution is 5.93. The van der Waals surface area contributed by atoms with Crippen LogP contribution >= 0.6 is 0 Å². The van der Waals surface area contributed by atoms with E-state index in [1.807, 2.05) is 36.9 Å². The van der Waals surface area contributed by atoms with Crippen LogP contribution in [-0.4, -0.2) is 71.1 Å². The lowest BCUT2D eigenvalue weighted by molar-refractivity contribution is 0.0566. The monoisotopic (exact) mass is 397 g/mol. The number of hydrogen-bond acceptors (Lipinski definition) is 6. The Hall–Kier alpha value is -3.16. The zero-order valence-corrected chi connectivity index (χ0v) is 17.2. The zero-order chi connectivity index (χ0) is 20.8. The molecule has 0 radical (unpaired) electrons. The van der Waals surface area contributed by atoms with Crippen LogP contribution in [0.4, 0.5) is 16.3 Å². The molecule has 0 spiro atoms. The molecule has 2 aromatic rings. The van der Waals surface area contributed by atoms with E-state index in [0.29, 0.717) is 50.8 Å². The summed E-state index contributed by atoms with van der Waals surface area (Å²) < 4.78 is 5.02. The number of amides is 2. The van der Waals surface area contributed by atoms with Crippen molar-refractivity contribution < 1.29 is 14.3 Å². The molecule has 1 aromatic carbocycles. The molecule has 1 aliphatic rings. The Bertz CT molecular complexity index is 865. The van der Waals surface area contributed by atoms with Crippen molar-refractivity contribution in [2.75, 3.05) is 44.2 Å². The van der Waals surface area contributed by atoms with Crippen molar-refractivity contribution in [2.24, 2.45) is 0 Å². The van der Waals surface area contributed by atoms with Crippen molar-refractivity contribution in [2.45, 2.75) is 20.8 Å². The summed E-state index contributed by atoms with van der Waals surface area (Å²) in [6.45, 7) is 8.73. The van der Waals surface area contributed by atoms with Crippen molar-refractivity contribution in [1.82, 2.24) is 19.8 Å². The summed E-state index contributed by atoms with van der Waals surface area (Å²) in [5, 5.41) is 0. The van der Waals surface area contributed by atoms with Gasteiger partial charge in [0.25, 0.3) is 5.91 Å². The normalized spacial score (nSPS) is 13.9. The van der Waals surface area contributed by atoms with Gasteiger partial charge >= 0.3 is 6.09 Å². The van der Waals surface area contributed by atoms with Gasteiger partial charge in [-0.05, 0) is 38.5 Å². The Kier molecular flexibility index (Phi) is 6.64. The van der Waals surface area contributed by atoms with Gasteiger partial charge in [-0.1, -0.05) is 12.1 Å².